The quantitative estimate of drug-likeness (QED) is 0.898. The molecule has 1 heterocycles. The molecule has 0 radical (unpaired) electrons. The molecule has 4 nitrogen and oxygen atoms in total. The third-order valence-electron chi connectivity index (χ3n) is 3.33. The monoisotopic (exact) mass is 289 g/mol. The summed E-state index contributed by atoms with van der Waals surface area (Å²) in [5.41, 5.74) is 5.94. The van der Waals surface area contributed by atoms with E-state index >= 15 is 0 Å². The lowest BCUT2D eigenvalue weighted by Crippen LogP contribution is -2.47. The maximum atomic E-state index is 12.0. The van der Waals surface area contributed by atoms with E-state index in [1.54, 1.807) is 5.38 Å². The minimum atomic E-state index is -0.0645. The molecule has 0 aliphatic heterocycles. The Bertz CT molecular complexity index is 402. The highest BCUT2D eigenvalue weighted by Gasteiger charge is 2.29. The summed E-state index contributed by atoms with van der Waals surface area (Å²) in [6.45, 7) is 2.52. The van der Waals surface area contributed by atoms with Crippen molar-refractivity contribution in [1.82, 2.24) is 10.3 Å². The van der Waals surface area contributed by atoms with Crippen LogP contribution < -0.4 is 11.1 Å². The Morgan fingerprint density at radius 2 is 2.17 bits per heavy atom. The number of carbonyl (C=O) groups excluding carboxylic acids is 1. The summed E-state index contributed by atoms with van der Waals surface area (Å²) in [7, 11) is 0. The number of carbonyl (C=O) groups is 1. The zero-order chi connectivity index (χ0) is 12.3. The standard InChI is InChI=1S/C12H19N3OS.ClH/c1-12(5-3-2-4-6-12)15-11(16)9-8-17-10(7-13)14-9;/h8H,2-7,13H2,1H3,(H,15,16);1H. The Labute approximate surface area is 118 Å². The van der Waals surface area contributed by atoms with E-state index in [9.17, 15) is 4.79 Å². The third-order valence-corrected chi connectivity index (χ3v) is 4.20. The molecule has 18 heavy (non-hydrogen) atoms. The van der Waals surface area contributed by atoms with Gasteiger partial charge in [-0.2, -0.15) is 0 Å². The van der Waals surface area contributed by atoms with Crippen molar-refractivity contribution in [1.29, 1.82) is 0 Å². The van der Waals surface area contributed by atoms with Gasteiger partial charge >= 0.3 is 0 Å². The molecule has 0 atom stereocenters. The summed E-state index contributed by atoms with van der Waals surface area (Å²) >= 11 is 1.44. The summed E-state index contributed by atoms with van der Waals surface area (Å²) in [6.07, 6.45) is 5.79. The Morgan fingerprint density at radius 1 is 1.50 bits per heavy atom. The summed E-state index contributed by atoms with van der Waals surface area (Å²) < 4.78 is 0. The molecule has 1 saturated carbocycles. The predicted molar refractivity (Wildman–Crippen MR) is 76.2 cm³/mol. The van der Waals surface area contributed by atoms with Crippen molar-refractivity contribution in [3.63, 3.8) is 0 Å². The molecular weight excluding hydrogens is 270 g/mol. The van der Waals surface area contributed by atoms with Gasteiger partial charge in [0.25, 0.3) is 5.91 Å². The second kappa shape index (κ2) is 6.50. The zero-order valence-electron chi connectivity index (χ0n) is 10.6. The lowest BCUT2D eigenvalue weighted by atomic mass is 9.83. The Balaban J connectivity index is 0.00000162. The third kappa shape index (κ3) is 3.67. The average molecular weight is 290 g/mol. The Kier molecular flexibility index (Phi) is 5.56. The SMILES string of the molecule is CC1(NC(=O)c2csc(CN)n2)CCCCC1.Cl. The van der Waals surface area contributed by atoms with E-state index in [0.29, 0.717) is 12.2 Å². The fourth-order valence-electron chi connectivity index (χ4n) is 2.30. The number of nitrogens with one attached hydrogen (secondary N) is 1. The van der Waals surface area contributed by atoms with Crippen LogP contribution in [0.2, 0.25) is 0 Å². The fraction of sp³-hybridized carbons (Fsp3) is 0.667. The second-order valence-electron chi connectivity index (χ2n) is 4.91. The maximum Gasteiger partial charge on any atom is 0.271 e. The van der Waals surface area contributed by atoms with Gasteiger partial charge in [0.05, 0.1) is 0 Å². The second-order valence-corrected chi connectivity index (χ2v) is 5.85. The van der Waals surface area contributed by atoms with Crippen LogP contribution in [-0.2, 0) is 6.54 Å². The van der Waals surface area contributed by atoms with Crippen molar-refractivity contribution in [3.05, 3.63) is 16.1 Å². The highest BCUT2D eigenvalue weighted by atomic mass is 35.5. The molecule has 102 valence electrons. The fourth-order valence-corrected chi connectivity index (χ4v) is 2.96. The molecule has 3 N–H and O–H groups in total. The van der Waals surface area contributed by atoms with Crippen molar-refractivity contribution in [2.75, 3.05) is 0 Å². The van der Waals surface area contributed by atoms with Gasteiger partial charge in [-0.15, -0.1) is 23.7 Å². The van der Waals surface area contributed by atoms with E-state index in [1.807, 2.05) is 0 Å². The average Bonchev–Trinajstić information content (AvgIpc) is 2.78. The molecule has 1 aliphatic carbocycles. The van der Waals surface area contributed by atoms with Gasteiger partial charge in [0.1, 0.15) is 10.7 Å². The molecule has 2 rings (SSSR count). The molecular formula is C12H20ClN3OS. The van der Waals surface area contributed by atoms with Crippen LogP contribution in [0.4, 0.5) is 0 Å². The van der Waals surface area contributed by atoms with Crippen LogP contribution in [0.15, 0.2) is 5.38 Å². The minimum absolute atomic E-state index is 0. The molecule has 1 amide bonds. The predicted octanol–water partition coefficient (Wildman–Crippen LogP) is 2.48. The Hall–Kier alpha value is -0.650. The lowest BCUT2D eigenvalue weighted by Gasteiger charge is -2.34. The van der Waals surface area contributed by atoms with Crippen molar-refractivity contribution < 1.29 is 4.79 Å². The normalized spacial score (nSPS) is 17.9. The molecule has 0 unspecified atom stereocenters. The molecule has 1 aromatic heterocycles. The maximum absolute atomic E-state index is 12.0. The molecule has 0 aromatic carbocycles. The van der Waals surface area contributed by atoms with Gasteiger partial charge < -0.3 is 11.1 Å². The first-order valence-electron chi connectivity index (χ1n) is 6.10. The summed E-state index contributed by atoms with van der Waals surface area (Å²) in [5.74, 6) is -0.0645. The first kappa shape index (κ1) is 15.4. The van der Waals surface area contributed by atoms with Crippen molar-refractivity contribution in [2.24, 2.45) is 5.73 Å². The van der Waals surface area contributed by atoms with E-state index in [-0.39, 0.29) is 23.9 Å². The van der Waals surface area contributed by atoms with Gasteiger partial charge in [-0.05, 0) is 19.8 Å². The van der Waals surface area contributed by atoms with Gasteiger partial charge in [-0.1, -0.05) is 19.3 Å². The summed E-state index contributed by atoms with van der Waals surface area (Å²) in [6, 6.07) is 0. The summed E-state index contributed by atoms with van der Waals surface area (Å²) in [4.78, 5) is 16.2. The van der Waals surface area contributed by atoms with Crippen molar-refractivity contribution >= 4 is 29.7 Å². The first-order chi connectivity index (χ1) is 8.13. The Morgan fingerprint density at radius 3 is 2.72 bits per heavy atom. The van der Waals surface area contributed by atoms with Crippen LogP contribution in [-0.4, -0.2) is 16.4 Å². The van der Waals surface area contributed by atoms with Crippen molar-refractivity contribution in [2.45, 2.75) is 51.1 Å². The number of nitrogens with two attached hydrogens (primary N) is 1. The van der Waals surface area contributed by atoms with Crippen LogP contribution in [0.1, 0.15) is 54.5 Å². The molecule has 6 heteroatoms. The first-order valence-corrected chi connectivity index (χ1v) is 6.98. The number of nitrogens with zero attached hydrogens (tertiary/aromatic N) is 1. The van der Waals surface area contributed by atoms with E-state index < -0.39 is 0 Å². The highest BCUT2D eigenvalue weighted by Crippen LogP contribution is 2.27. The molecule has 0 saturated heterocycles. The van der Waals surface area contributed by atoms with Crippen molar-refractivity contribution in [3.8, 4) is 0 Å². The van der Waals surface area contributed by atoms with Crippen LogP contribution in [0, 0.1) is 0 Å². The number of amides is 1. The van der Waals surface area contributed by atoms with Crippen LogP contribution in [0.25, 0.3) is 0 Å². The van der Waals surface area contributed by atoms with Gasteiger partial charge in [0.2, 0.25) is 0 Å². The van der Waals surface area contributed by atoms with E-state index in [0.717, 1.165) is 17.8 Å². The van der Waals surface area contributed by atoms with E-state index in [4.69, 9.17) is 5.73 Å². The smallest absolute Gasteiger partial charge is 0.271 e. The van der Waals surface area contributed by atoms with Gasteiger partial charge in [-0.3, -0.25) is 4.79 Å². The van der Waals surface area contributed by atoms with Gasteiger partial charge in [0, 0.05) is 17.5 Å². The summed E-state index contributed by atoms with van der Waals surface area (Å²) in [5, 5.41) is 5.70. The number of rotatable bonds is 3. The number of halogens is 1. The van der Waals surface area contributed by atoms with Gasteiger partial charge in [-0.25, -0.2) is 4.98 Å². The van der Waals surface area contributed by atoms with Crippen LogP contribution >= 0.6 is 23.7 Å². The molecule has 1 fully saturated rings. The van der Waals surface area contributed by atoms with Crippen LogP contribution in [0.3, 0.4) is 0 Å². The molecule has 0 bridgehead atoms. The minimum Gasteiger partial charge on any atom is -0.346 e. The van der Waals surface area contributed by atoms with E-state index in [1.165, 1.54) is 30.6 Å². The van der Waals surface area contributed by atoms with E-state index in [2.05, 4.69) is 17.2 Å². The van der Waals surface area contributed by atoms with Gasteiger partial charge in [0.15, 0.2) is 0 Å². The number of aromatic nitrogens is 1. The number of thiazole rings is 1. The van der Waals surface area contributed by atoms with Crippen LogP contribution in [0.5, 0.6) is 0 Å². The largest absolute Gasteiger partial charge is 0.346 e. The highest BCUT2D eigenvalue weighted by molar-refractivity contribution is 7.09. The number of hydrogen-bond acceptors (Lipinski definition) is 4. The molecule has 0 spiro atoms. The lowest BCUT2D eigenvalue weighted by molar-refractivity contribution is 0.0878. The topological polar surface area (TPSA) is 68.0 Å². The number of hydrogen-bond donors (Lipinski definition) is 2. The molecule has 1 aromatic rings. The molecule has 1 aliphatic rings. The zero-order valence-corrected chi connectivity index (χ0v) is 12.2.